The molecule has 0 atom stereocenters. The standard InChI is InChI=1S/C18H15ClN2O3S2/c1-10-7-12(11(2)21(10)14-5-3-13(19)4-6-14)8-15-17(24)20(9-16(22)23)18(25)26-15/h3-8H,9H2,1-2H3,(H,22,23)/b15-8+. The van der Waals surface area contributed by atoms with E-state index in [1.54, 1.807) is 6.08 Å². The van der Waals surface area contributed by atoms with Crippen LogP contribution in [0, 0.1) is 13.8 Å². The van der Waals surface area contributed by atoms with Gasteiger partial charge in [-0.2, -0.15) is 0 Å². The first-order valence-electron chi connectivity index (χ1n) is 7.70. The minimum atomic E-state index is -1.09. The third-order valence-electron chi connectivity index (χ3n) is 4.01. The summed E-state index contributed by atoms with van der Waals surface area (Å²) in [5.41, 5.74) is 3.83. The smallest absolute Gasteiger partial charge is 0.323 e. The Morgan fingerprint density at radius 2 is 1.96 bits per heavy atom. The van der Waals surface area contributed by atoms with Crippen LogP contribution in [0.15, 0.2) is 35.2 Å². The number of carboxylic acid groups (broad SMARTS) is 1. The lowest BCUT2D eigenvalue weighted by Gasteiger charge is -2.10. The van der Waals surface area contributed by atoms with Gasteiger partial charge in [-0.05, 0) is 55.8 Å². The molecule has 3 rings (SSSR count). The van der Waals surface area contributed by atoms with Gasteiger partial charge in [0.1, 0.15) is 10.9 Å². The molecule has 1 aromatic heterocycles. The lowest BCUT2D eigenvalue weighted by atomic mass is 10.2. The quantitative estimate of drug-likeness (QED) is 0.613. The van der Waals surface area contributed by atoms with Crippen molar-refractivity contribution in [1.29, 1.82) is 0 Å². The molecule has 1 aliphatic heterocycles. The molecule has 5 nitrogen and oxygen atoms in total. The van der Waals surface area contributed by atoms with E-state index in [9.17, 15) is 9.59 Å². The SMILES string of the molecule is Cc1cc(/C=C2/SC(=S)N(CC(=O)O)C2=O)c(C)n1-c1ccc(Cl)cc1. The number of amides is 1. The fourth-order valence-electron chi connectivity index (χ4n) is 2.83. The zero-order chi connectivity index (χ0) is 19.0. The summed E-state index contributed by atoms with van der Waals surface area (Å²) >= 11 is 12.2. The number of carboxylic acids is 1. The number of aliphatic carboxylic acids is 1. The van der Waals surface area contributed by atoms with Crippen molar-refractivity contribution in [2.45, 2.75) is 13.8 Å². The first kappa shape index (κ1) is 18.7. The Bertz CT molecular complexity index is 948. The van der Waals surface area contributed by atoms with Crippen LogP contribution in [0.2, 0.25) is 5.02 Å². The number of thiocarbonyl (C=S) groups is 1. The van der Waals surface area contributed by atoms with Gasteiger partial charge >= 0.3 is 5.97 Å². The number of hydrogen-bond donors (Lipinski definition) is 1. The van der Waals surface area contributed by atoms with Crippen molar-refractivity contribution in [2.75, 3.05) is 6.54 Å². The van der Waals surface area contributed by atoms with E-state index in [0.717, 1.165) is 39.3 Å². The number of carbonyl (C=O) groups excluding carboxylic acids is 1. The van der Waals surface area contributed by atoms with Gasteiger partial charge in [0.25, 0.3) is 5.91 Å². The summed E-state index contributed by atoms with van der Waals surface area (Å²) in [5, 5.41) is 9.59. The van der Waals surface area contributed by atoms with Crippen LogP contribution >= 0.6 is 35.6 Å². The average molecular weight is 407 g/mol. The number of rotatable bonds is 4. The predicted molar refractivity (Wildman–Crippen MR) is 108 cm³/mol. The Hall–Kier alpha value is -2.09. The highest BCUT2D eigenvalue weighted by molar-refractivity contribution is 8.26. The first-order chi connectivity index (χ1) is 12.3. The minimum Gasteiger partial charge on any atom is -0.480 e. The largest absolute Gasteiger partial charge is 0.480 e. The van der Waals surface area contributed by atoms with Crippen LogP contribution in [0.4, 0.5) is 0 Å². The van der Waals surface area contributed by atoms with E-state index in [0.29, 0.717) is 9.93 Å². The Kier molecular flexibility index (Phi) is 5.22. The van der Waals surface area contributed by atoms with Crippen molar-refractivity contribution < 1.29 is 14.7 Å². The van der Waals surface area contributed by atoms with Crippen molar-refractivity contribution >= 4 is 57.9 Å². The summed E-state index contributed by atoms with van der Waals surface area (Å²) in [4.78, 5) is 24.9. The highest BCUT2D eigenvalue weighted by atomic mass is 35.5. The number of aromatic nitrogens is 1. The molecule has 0 aliphatic carbocycles. The molecule has 1 amide bonds. The van der Waals surface area contributed by atoms with Gasteiger partial charge in [0, 0.05) is 22.1 Å². The second kappa shape index (κ2) is 7.26. The number of aryl methyl sites for hydroxylation is 1. The fourth-order valence-corrected chi connectivity index (χ4v) is 4.21. The predicted octanol–water partition coefficient (Wildman–Crippen LogP) is 4.03. The van der Waals surface area contributed by atoms with Crippen molar-refractivity contribution in [3.8, 4) is 5.69 Å². The average Bonchev–Trinajstić information content (AvgIpc) is 2.99. The highest BCUT2D eigenvalue weighted by Gasteiger charge is 2.33. The van der Waals surface area contributed by atoms with E-state index in [2.05, 4.69) is 4.57 Å². The van der Waals surface area contributed by atoms with Crippen molar-refractivity contribution in [3.05, 3.63) is 57.2 Å². The molecule has 0 radical (unpaired) electrons. The van der Waals surface area contributed by atoms with Crippen LogP contribution in [0.5, 0.6) is 0 Å². The molecule has 2 heterocycles. The molecule has 0 bridgehead atoms. The van der Waals surface area contributed by atoms with E-state index < -0.39 is 12.5 Å². The van der Waals surface area contributed by atoms with Crippen LogP contribution in [0.25, 0.3) is 11.8 Å². The summed E-state index contributed by atoms with van der Waals surface area (Å²) < 4.78 is 2.33. The minimum absolute atomic E-state index is 0.259. The summed E-state index contributed by atoms with van der Waals surface area (Å²) in [7, 11) is 0. The van der Waals surface area contributed by atoms with Crippen molar-refractivity contribution in [1.82, 2.24) is 9.47 Å². The van der Waals surface area contributed by atoms with Crippen molar-refractivity contribution in [2.24, 2.45) is 0 Å². The normalized spacial score (nSPS) is 16.0. The van der Waals surface area contributed by atoms with Crippen LogP contribution < -0.4 is 0 Å². The van der Waals surface area contributed by atoms with E-state index >= 15 is 0 Å². The lowest BCUT2D eigenvalue weighted by Crippen LogP contribution is -2.33. The number of carbonyl (C=O) groups is 2. The maximum absolute atomic E-state index is 12.4. The topological polar surface area (TPSA) is 62.5 Å². The fraction of sp³-hybridized carbons (Fsp3) is 0.167. The molecule has 134 valence electrons. The van der Waals surface area contributed by atoms with Crippen LogP contribution in [0.1, 0.15) is 17.0 Å². The van der Waals surface area contributed by atoms with Gasteiger partial charge < -0.3 is 9.67 Å². The van der Waals surface area contributed by atoms with Crippen LogP contribution in [0.3, 0.4) is 0 Å². The van der Waals surface area contributed by atoms with E-state index in [1.807, 2.05) is 44.2 Å². The number of nitrogens with zero attached hydrogens (tertiary/aromatic N) is 2. The summed E-state index contributed by atoms with van der Waals surface area (Å²) in [5.74, 6) is -1.47. The van der Waals surface area contributed by atoms with E-state index in [1.165, 1.54) is 0 Å². The molecule has 0 unspecified atom stereocenters. The molecule has 1 N–H and O–H groups in total. The lowest BCUT2D eigenvalue weighted by molar-refractivity contribution is -0.140. The molecule has 1 saturated heterocycles. The second-order valence-electron chi connectivity index (χ2n) is 5.80. The molecule has 1 fully saturated rings. The van der Waals surface area contributed by atoms with Gasteiger partial charge in [0.2, 0.25) is 0 Å². The summed E-state index contributed by atoms with van der Waals surface area (Å²) in [6, 6.07) is 9.49. The van der Waals surface area contributed by atoms with Gasteiger partial charge in [-0.15, -0.1) is 0 Å². The zero-order valence-electron chi connectivity index (χ0n) is 14.0. The molecular weight excluding hydrogens is 392 g/mol. The Balaban J connectivity index is 1.96. The Morgan fingerprint density at radius 3 is 2.58 bits per heavy atom. The van der Waals surface area contributed by atoms with Gasteiger partial charge in [-0.25, -0.2) is 0 Å². The molecule has 1 aliphatic rings. The summed E-state index contributed by atoms with van der Waals surface area (Å²) in [6.45, 7) is 3.52. The van der Waals surface area contributed by atoms with Gasteiger partial charge in [0.05, 0.1) is 4.91 Å². The number of benzene rings is 1. The molecular formula is C18H15ClN2O3S2. The van der Waals surface area contributed by atoms with Gasteiger partial charge in [-0.1, -0.05) is 35.6 Å². The van der Waals surface area contributed by atoms with Crippen LogP contribution in [-0.4, -0.2) is 37.3 Å². The maximum Gasteiger partial charge on any atom is 0.323 e. The first-order valence-corrected chi connectivity index (χ1v) is 9.30. The number of halogens is 1. The number of thioether (sulfide) groups is 1. The molecule has 8 heteroatoms. The van der Waals surface area contributed by atoms with E-state index in [-0.39, 0.29) is 10.2 Å². The van der Waals surface area contributed by atoms with Crippen LogP contribution in [-0.2, 0) is 9.59 Å². The molecule has 0 saturated carbocycles. The Morgan fingerprint density at radius 1 is 1.31 bits per heavy atom. The Labute approximate surface area is 165 Å². The third-order valence-corrected chi connectivity index (χ3v) is 5.64. The zero-order valence-corrected chi connectivity index (χ0v) is 16.4. The summed E-state index contributed by atoms with van der Waals surface area (Å²) in [6.07, 6.45) is 1.76. The third kappa shape index (κ3) is 3.56. The molecule has 26 heavy (non-hydrogen) atoms. The monoisotopic (exact) mass is 406 g/mol. The highest BCUT2D eigenvalue weighted by Crippen LogP contribution is 2.34. The second-order valence-corrected chi connectivity index (χ2v) is 7.91. The van der Waals surface area contributed by atoms with Crippen molar-refractivity contribution in [3.63, 3.8) is 0 Å². The van der Waals surface area contributed by atoms with E-state index in [4.69, 9.17) is 28.9 Å². The van der Waals surface area contributed by atoms with Gasteiger partial charge in [0.15, 0.2) is 0 Å². The number of hydrogen-bond acceptors (Lipinski definition) is 4. The molecule has 2 aromatic rings. The molecule has 0 spiro atoms. The molecule has 1 aromatic carbocycles. The maximum atomic E-state index is 12.4. The van der Waals surface area contributed by atoms with Gasteiger partial charge in [-0.3, -0.25) is 14.5 Å².